The molecule has 2 atom stereocenters. The molecule has 1 aliphatic carbocycles. The van der Waals surface area contributed by atoms with E-state index >= 15 is 0 Å². The average Bonchev–Trinajstić information content (AvgIpc) is 3.22. The third-order valence-corrected chi connectivity index (χ3v) is 7.36. The first-order valence-corrected chi connectivity index (χ1v) is 12.0. The van der Waals surface area contributed by atoms with Crippen LogP contribution in [0.2, 0.25) is 0 Å². The molecule has 2 heterocycles. The minimum Gasteiger partial charge on any atom is -0.494 e. The predicted octanol–water partition coefficient (Wildman–Crippen LogP) is 5.78. The molecule has 0 spiro atoms. The van der Waals surface area contributed by atoms with Crippen LogP contribution in [0, 0.1) is 11.6 Å². The largest absolute Gasteiger partial charge is 0.494 e. The molecule has 2 aliphatic heterocycles. The predicted molar refractivity (Wildman–Crippen MR) is 131 cm³/mol. The standard InChI is InChI=1S/C29H25F2NO4/c1-34-26-11-10-20(27(30)28(26)31)17-12-18-14-35-15-19(13-17)32(18)29(33)36-16-25-23-8-4-2-6-21(23)22-7-3-5-9-24(22)25/h2-12,18-19,25H,13-16H2,1H3. The lowest BCUT2D eigenvalue weighted by Crippen LogP contribution is -2.56. The summed E-state index contributed by atoms with van der Waals surface area (Å²) in [5.41, 5.74) is 5.45. The summed E-state index contributed by atoms with van der Waals surface area (Å²) in [5, 5.41) is 0. The van der Waals surface area contributed by atoms with Crippen LogP contribution >= 0.6 is 0 Å². The second kappa shape index (κ2) is 9.06. The van der Waals surface area contributed by atoms with E-state index in [1.165, 1.54) is 30.4 Å². The molecule has 36 heavy (non-hydrogen) atoms. The van der Waals surface area contributed by atoms with Crippen molar-refractivity contribution in [2.45, 2.75) is 24.4 Å². The van der Waals surface area contributed by atoms with E-state index in [9.17, 15) is 13.6 Å². The molecule has 1 fully saturated rings. The molecule has 2 unspecified atom stereocenters. The normalized spacial score (nSPS) is 20.4. The Labute approximate surface area is 207 Å². The molecule has 7 heteroatoms. The van der Waals surface area contributed by atoms with Gasteiger partial charge in [0.15, 0.2) is 11.6 Å². The summed E-state index contributed by atoms with van der Waals surface area (Å²) in [5.74, 6) is -2.15. The molecular formula is C29H25F2NO4. The number of halogens is 2. The number of rotatable bonds is 4. The number of hydrogen-bond acceptors (Lipinski definition) is 4. The number of methoxy groups -OCH3 is 1. The first-order valence-electron chi connectivity index (χ1n) is 12.0. The van der Waals surface area contributed by atoms with Crippen molar-refractivity contribution in [2.75, 3.05) is 26.9 Å². The average molecular weight is 490 g/mol. The van der Waals surface area contributed by atoms with E-state index in [1.807, 2.05) is 24.3 Å². The van der Waals surface area contributed by atoms with Crippen molar-refractivity contribution < 1.29 is 27.8 Å². The van der Waals surface area contributed by atoms with Crippen molar-refractivity contribution in [1.29, 1.82) is 0 Å². The molecule has 0 N–H and O–H groups in total. The molecule has 3 aromatic rings. The molecule has 2 bridgehead atoms. The number of carbonyl (C=O) groups is 1. The molecule has 0 radical (unpaired) electrons. The summed E-state index contributed by atoms with van der Waals surface area (Å²) in [6.45, 7) is 0.793. The zero-order valence-electron chi connectivity index (χ0n) is 19.7. The highest BCUT2D eigenvalue weighted by molar-refractivity contribution is 5.79. The van der Waals surface area contributed by atoms with E-state index < -0.39 is 23.8 Å². The molecule has 1 amide bonds. The van der Waals surface area contributed by atoms with Gasteiger partial charge in [0, 0.05) is 11.5 Å². The van der Waals surface area contributed by atoms with E-state index in [1.54, 1.807) is 11.0 Å². The zero-order valence-corrected chi connectivity index (χ0v) is 19.7. The summed E-state index contributed by atoms with van der Waals surface area (Å²) >= 11 is 0. The fourth-order valence-corrected chi connectivity index (χ4v) is 5.69. The summed E-state index contributed by atoms with van der Waals surface area (Å²) in [4.78, 5) is 15.0. The van der Waals surface area contributed by atoms with Gasteiger partial charge in [0.2, 0.25) is 5.82 Å². The molecule has 0 saturated carbocycles. The Morgan fingerprint density at radius 3 is 2.31 bits per heavy atom. The van der Waals surface area contributed by atoms with Crippen molar-refractivity contribution in [3.05, 3.63) is 95.1 Å². The Balaban J connectivity index is 1.23. The molecule has 1 saturated heterocycles. The summed E-state index contributed by atoms with van der Waals surface area (Å²) in [6, 6.07) is 18.5. The van der Waals surface area contributed by atoms with Crippen LogP contribution < -0.4 is 4.74 Å². The van der Waals surface area contributed by atoms with Gasteiger partial charge in [-0.15, -0.1) is 0 Å². The number of morpholine rings is 1. The van der Waals surface area contributed by atoms with Gasteiger partial charge in [0.1, 0.15) is 6.61 Å². The van der Waals surface area contributed by atoms with Crippen LogP contribution in [0.25, 0.3) is 16.7 Å². The monoisotopic (exact) mass is 489 g/mol. The highest BCUT2D eigenvalue weighted by Crippen LogP contribution is 2.45. The number of ether oxygens (including phenoxy) is 3. The summed E-state index contributed by atoms with van der Waals surface area (Å²) < 4.78 is 45.5. The number of carbonyl (C=O) groups excluding carboxylic acids is 1. The van der Waals surface area contributed by atoms with Crippen LogP contribution in [-0.4, -0.2) is 50.0 Å². The quantitative estimate of drug-likeness (QED) is 0.466. The number of hydrogen-bond donors (Lipinski definition) is 0. The Morgan fingerprint density at radius 2 is 1.64 bits per heavy atom. The molecule has 184 valence electrons. The molecule has 6 rings (SSSR count). The zero-order chi connectivity index (χ0) is 24.8. The van der Waals surface area contributed by atoms with Gasteiger partial charge in [-0.25, -0.2) is 9.18 Å². The van der Waals surface area contributed by atoms with E-state index in [0.29, 0.717) is 18.6 Å². The van der Waals surface area contributed by atoms with Crippen LogP contribution in [0.1, 0.15) is 29.0 Å². The van der Waals surface area contributed by atoms with E-state index in [4.69, 9.17) is 14.2 Å². The van der Waals surface area contributed by atoms with Crippen LogP contribution in [0.5, 0.6) is 5.75 Å². The minimum atomic E-state index is -1.02. The lowest BCUT2D eigenvalue weighted by molar-refractivity contribution is -0.0331. The minimum absolute atomic E-state index is 0.0373. The fourth-order valence-electron chi connectivity index (χ4n) is 5.69. The van der Waals surface area contributed by atoms with E-state index in [-0.39, 0.29) is 36.5 Å². The maximum Gasteiger partial charge on any atom is 0.410 e. The van der Waals surface area contributed by atoms with Crippen molar-refractivity contribution >= 4 is 11.7 Å². The SMILES string of the molecule is COc1ccc(C2=CC3COCC(C2)N3C(=O)OCC2c3ccccc3-c3ccccc32)c(F)c1F. The Hall–Kier alpha value is -3.71. The number of fused-ring (bicyclic) bond motifs is 5. The fraction of sp³-hybridized carbons (Fsp3) is 0.276. The van der Waals surface area contributed by atoms with Gasteiger partial charge in [-0.1, -0.05) is 54.6 Å². The number of nitrogens with zero attached hydrogens (tertiary/aromatic N) is 1. The van der Waals surface area contributed by atoms with E-state index in [2.05, 4.69) is 24.3 Å². The maximum absolute atomic E-state index is 14.8. The van der Waals surface area contributed by atoms with Crippen molar-refractivity contribution in [3.8, 4) is 16.9 Å². The van der Waals surface area contributed by atoms with Crippen LogP contribution in [0.4, 0.5) is 13.6 Å². The first-order chi connectivity index (χ1) is 17.6. The van der Waals surface area contributed by atoms with Crippen LogP contribution in [0.3, 0.4) is 0 Å². The van der Waals surface area contributed by atoms with Gasteiger partial charge in [0.05, 0.1) is 32.4 Å². The third-order valence-electron chi connectivity index (χ3n) is 7.36. The topological polar surface area (TPSA) is 48.0 Å². The molecule has 5 nitrogen and oxygen atoms in total. The van der Waals surface area contributed by atoms with E-state index in [0.717, 1.165) is 11.1 Å². The van der Waals surface area contributed by atoms with Gasteiger partial charge in [-0.2, -0.15) is 4.39 Å². The molecule has 0 aromatic heterocycles. The Kier molecular flexibility index (Phi) is 5.72. The Bertz CT molecular complexity index is 1330. The lowest BCUT2D eigenvalue weighted by atomic mass is 9.89. The smallest absolute Gasteiger partial charge is 0.410 e. The summed E-state index contributed by atoms with van der Waals surface area (Å²) in [6.07, 6.45) is 1.69. The second-order valence-electron chi connectivity index (χ2n) is 9.31. The van der Waals surface area contributed by atoms with Gasteiger partial charge in [0.25, 0.3) is 0 Å². The van der Waals surface area contributed by atoms with Crippen molar-refractivity contribution in [3.63, 3.8) is 0 Å². The second-order valence-corrected chi connectivity index (χ2v) is 9.31. The van der Waals surface area contributed by atoms with Gasteiger partial charge >= 0.3 is 6.09 Å². The molecule has 3 aliphatic rings. The number of amides is 1. The van der Waals surface area contributed by atoms with Crippen LogP contribution in [0.15, 0.2) is 66.7 Å². The van der Waals surface area contributed by atoms with Gasteiger partial charge < -0.3 is 14.2 Å². The van der Waals surface area contributed by atoms with Crippen molar-refractivity contribution in [1.82, 2.24) is 4.90 Å². The number of benzene rings is 3. The lowest BCUT2D eigenvalue weighted by Gasteiger charge is -2.44. The maximum atomic E-state index is 14.8. The highest BCUT2D eigenvalue weighted by atomic mass is 19.2. The Morgan fingerprint density at radius 1 is 0.944 bits per heavy atom. The third kappa shape index (κ3) is 3.66. The first kappa shape index (κ1) is 22.7. The van der Waals surface area contributed by atoms with Gasteiger partial charge in [-0.3, -0.25) is 4.90 Å². The molecular weight excluding hydrogens is 464 g/mol. The van der Waals surface area contributed by atoms with Gasteiger partial charge in [-0.05, 0) is 46.4 Å². The summed E-state index contributed by atoms with van der Waals surface area (Å²) in [7, 11) is 1.30. The molecule has 3 aromatic carbocycles. The highest BCUT2D eigenvalue weighted by Gasteiger charge is 2.40. The van der Waals surface area contributed by atoms with Crippen LogP contribution in [-0.2, 0) is 9.47 Å². The van der Waals surface area contributed by atoms with Crippen molar-refractivity contribution in [2.24, 2.45) is 0 Å².